The molecule has 62 heavy (non-hydrogen) atoms. The summed E-state index contributed by atoms with van der Waals surface area (Å²) >= 11 is 11.8. The summed E-state index contributed by atoms with van der Waals surface area (Å²) < 4.78 is 10.6. The molecule has 13 nitrogen and oxygen atoms in total. The molecule has 0 spiro atoms. The summed E-state index contributed by atoms with van der Waals surface area (Å²) in [6, 6.07) is 25.7. The highest BCUT2D eigenvalue weighted by Gasteiger charge is 2.32. The SMILES string of the molecule is C.CC(C)(C)OC(=O)N1CCC(C(=O)NC(c2ccc(Cl)cc2)c2ccccn2)CC1.CC(C)(C)OC(=O)N1CCC(C(=O)O)CC1.NC(c1ccc(Cl)cc1)c1ccccn1. The number of hydrogen-bond acceptors (Lipinski definition) is 9. The number of rotatable bonds is 7. The number of amides is 3. The van der Waals surface area contributed by atoms with Gasteiger partial charge in [-0.05, 0) is 127 Å². The van der Waals surface area contributed by atoms with E-state index in [0.717, 1.165) is 22.5 Å². The smallest absolute Gasteiger partial charge is 0.410 e. The van der Waals surface area contributed by atoms with E-state index in [0.29, 0.717) is 61.9 Å². The number of hydrogen-bond donors (Lipinski definition) is 3. The number of ether oxygens (including phenoxy) is 2. The summed E-state index contributed by atoms with van der Waals surface area (Å²) in [5.41, 5.74) is 8.58. The Labute approximate surface area is 376 Å². The molecule has 3 amide bonds. The average Bonchev–Trinajstić information content (AvgIpc) is 3.23. The predicted octanol–water partition coefficient (Wildman–Crippen LogP) is 9.73. The number of aliphatic carboxylic acids is 1. The van der Waals surface area contributed by atoms with Gasteiger partial charge in [0.05, 0.1) is 29.4 Å². The van der Waals surface area contributed by atoms with Gasteiger partial charge >= 0.3 is 18.2 Å². The molecule has 4 aromatic rings. The zero-order chi connectivity index (χ0) is 44.7. The Morgan fingerprint density at radius 1 is 0.661 bits per heavy atom. The highest BCUT2D eigenvalue weighted by molar-refractivity contribution is 6.30. The quantitative estimate of drug-likeness (QED) is 0.162. The first-order valence-electron chi connectivity index (χ1n) is 20.4. The Hall–Kier alpha value is -5.24. The van der Waals surface area contributed by atoms with E-state index < -0.39 is 17.2 Å². The van der Waals surface area contributed by atoms with Gasteiger partial charge in [0.1, 0.15) is 11.2 Å². The summed E-state index contributed by atoms with van der Waals surface area (Å²) in [4.78, 5) is 59.5. The van der Waals surface area contributed by atoms with Gasteiger partial charge in [-0.25, -0.2) is 9.59 Å². The molecule has 0 saturated carbocycles. The van der Waals surface area contributed by atoms with Crippen LogP contribution < -0.4 is 11.1 Å². The Morgan fingerprint density at radius 2 is 1.06 bits per heavy atom. The molecular formula is C47H62Cl2N6O7. The van der Waals surface area contributed by atoms with Crippen molar-refractivity contribution in [2.75, 3.05) is 26.2 Å². The van der Waals surface area contributed by atoms with Crippen molar-refractivity contribution >= 4 is 47.3 Å². The molecular weight excluding hydrogens is 831 g/mol. The molecule has 0 radical (unpaired) electrons. The van der Waals surface area contributed by atoms with Crippen LogP contribution in [0.4, 0.5) is 9.59 Å². The predicted molar refractivity (Wildman–Crippen MR) is 243 cm³/mol. The van der Waals surface area contributed by atoms with Crippen LogP contribution in [0.3, 0.4) is 0 Å². The van der Waals surface area contributed by atoms with Crippen molar-refractivity contribution in [2.45, 2.75) is 97.9 Å². The fourth-order valence-electron chi connectivity index (χ4n) is 6.48. The van der Waals surface area contributed by atoms with E-state index >= 15 is 0 Å². The fourth-order valence-corrected chi connectivity index (χ4v) is 6.73. The molecule has 15 heteroatoms. The molecule has 2 unspecified atom stereocenters. The van der Waals surface area contributed by atoms with Gasteiger partial charge in [-0.1, -0.05) is 67.0 Å². The summed E-state index contributed by atoms with van der Waals surface area (Å²) in [7, 11) is 0. The number of likely N-dealkylation sites (tertiary alicyclic amines) is 2. The number of pyridine rings is 2. The van der Waals surface area contributed by atoms with Crippen molar-refractivity contribution in [3.63, 3.8) is 0 Å². The van der Waals surface area contributed by atoms with Crippen molar-refractivity contribution in [1.82, 2.24) is 25.1 Å². The van der Waals surface area contributed by atoms with Crippen molar-refractivity contribution < 1.29 is 33.8 Å². The summed E-state index contributed by atoms with van der Waals surface area (Å²) in [6.45, 7) is 12.9. The highest BCUT2D eigenvalue weighted by atomic mass is 35.5. The number of carboxylic acid groups (broad SMARTS) is 1. The summed E-state index contributed by atoms with van der Waals surface area (Å²) in [6.07, 6.45) is 4.99. The van der Waals surface area contributed by atoms with Crippen LogP contribution in [0.2, 0.25) is 10.0 Å². The van der Waals surface area contributed by atoms with Crippen molar-refractivity contribution in [3.05, 3.63) is 130 Å². The standard InChI is InChI=1S/C23H28ClN3O3.C12H11ClN2.C11H19NO4.CH4/c1-23(2,3)30-22(29)27-14-11-17(12-15-27)21(28)26-20(19-6-4-5-13-25-19)16-7-9-18(24)10-8-16;13-10-6-4-9(5-7-10)12(14)11-3-1-2-8-15-11;1-11(2,3)16-10(15)12-6-4-8(5-7-12)9(13)14;/h4-10,13,17,20H,11-12,14-15H2,1-3H3,(H,26,28);1-8,12H,14H2;8H,4-7H2,1-3H3,(H,13,14);1H4. The second kappa shape index (κ2) is 23.8. The van der Waals surface area contributed by atoms with E-state index in [2.05, 4.69) is 15.3 Å². The second-order valence-electron chi connectivity index (χ2n) is 16.9. The lowest BCUT2D eigenvalue weighted by atomic mass is 9.94. The molecule has 2 aliphatic rings. The molecule has 2 fully saturated rings. The van der Waals surface area contributed by atoms with Crippen LogP contribution in [0.5, 0.6) is 0 Å². The zero-order valence-electron chi connectivity index (χ0n) is 35.7. The number of nitrogens with two attached hydrogens (primary N) is 1. The molecule has 2 aromatic heterocycles. The van der Waals surface area contributed by atoms with E-state index in [9.17, 15) is 19.2 Å². The molecule has 2 aliphatic heterocycles. The lowest BCUT2D eigenvalue weighted by Gasteiger charge is -2.33. The number of aromatic nitrogens is 2. The molecule has 0 aliphatic carbocycles. The lowest BCUT2D eigenvalue weighted by molar-refractivity contribution is -0.143. The van der Waals surface area contributed by atoms with Gasteiger partial charge in [-0.2, -0.15) is 0 Å². The maximum absolute atomic E-state index is 13.0. The van der Waals surface area contributed by atoms with Gasteiger partial charge in [-0.15, -0.1) is 0 Å². The van der Waals surface area contributed by atoms with Crippen LogP contribution in [0.25, 0.3) is 0 Å². The topological polar surface area (TPSA) is 177 Å². The number of nitrogens with one attached hydrogen (secondary N) is 1. The van der Waals surface area contributed by atoms with Gasteiger partial charge in [-0.3, -0.25) is 19.6 Å². The molecule has 4 heterocycles. The molecule has 2 aromatic carbocycles. The second-order valence-corrected chi connectivity index (χ2v) is 17.7. The number of carboxylic acids is 1. The molecule has 2 atom stereocenters. The Kier molecular flexibility index (Phi) is 19.6. The zero-order valence-corrected chi connectivity index (χ0v) is 37.2. The van der Waals surface area contributed by atoms with Gasteiger partial charge in [0, 0.05) is 54.5 Å². The molecule has 4 N–H and O–H groups in total. The third kappa shape index (κ3) is 16.9. The van der Waals surface area contributed by atoms with Crippen molar-refractivity contribution in [3.8, 4) is 0 Å². The average molecular weight is 894 g/mol. The number of nitrogens with zero attached hydrogens (tertiary/aromatic N) is 4. The maximum atomic E-state index is 13.0. The van der Waals surface area contributed by atoms with Crippen LogP contribution in [-0.4, -0.2) is 86.3 Å². The largest absolute Gasteiger partial charge is 0.481 e. The van der Waals surface area contributed by atoms with Crippen molar-refractivity contribution in [2.24, 2.45) is 17.6 Å². The van der Waals surface area contributed by atoms with E-state index in [-0.39, 0.29) is 49.4 Å². The Balaban J connectivity index is 0.000000270. The van der Waals surface area contributed by atoms with Crippen LogP contribution in [0, 0.1) is 11.8 Å². The fraction of sp³-hybridized carbons (Fsp3) is 0.447. The lowest BCUT2D eigenvalue weighted by Crippen LogP contribution is -2.45. The van der Waals surface area contributed by atoms with Crippen LogP contribution >= 0.6 is 23.2 Å². The number of carbonyl (C=O) groups excluding carboxylic acids is 3. The molecule has 6 rings (SSSR count). The third-order valence-electron chi connectivity index (χ3n) is 9.72. The normalized spacial score (nSPS) is 15.5. The van der Waals surface area contributed by atoms with Crippen LogP contribution in [-0.2, 0) is 19.1 Å². The van der Waals surface area contributed by atoms with Gasteiger partial charge in [0.15, 0.2) is 0 Å². The number of carbonyl (C=O) groups is 4. The number of benzene rings is 2. The first kappa shape index (κ1) is 51.1. The van der Waals surface area contributed by atoms with E-state index in [1.165, 1.54) is 0 Å². The Morgan fingerprint density at radius 3 is 1.45 bits per heavy atom. The number of halogens is 2. The van der Waals surface area contributed by atoms with Gasteiger partial charge in [0.25, 0.3) is 0 Å². The molecule has 2 saturated heterocycles. The number of piperidine rings is 2. The monoisotopic (exact) mass is 892 g/mol. The van der Waals surface area contributed by atoms with Crippen LogP contribution in [0.1, 0.15) is 109 Å². The minimum absolute atomic E-state index is 0. The third-order valence-corrected chi connectivity index (χ3v) is 10.2. The summed E-state index contributed by atoms with van der Waals surface area (Å²) in [5.74, 6) is -1.30. The summed E-state index contributed by atoms with van der Waals surface area (Å²) in [5, 5.41) is 13.3. The maximum Gasteiger partial charge on any atom is 0.410 e. The van der Waals surface area contributed by atoms with E-state index in [4.69, 9.17) is 43.5 Å². The van der Waals surface area contributed by atoms with E-state index in [1.807, 2.05) is 114 Å². The molecule has 336 valence electrons. The Bertz CT molecular complexity index is 2000. The minimum Gasteiger partial charge on any atom is -0.481 e. The van der Waals surface area contributed by atoms with Crippen molar-refractivity contribution in [1.29, 1.82) is 0 Å². The minimum atomic E-state index is -0.774. The molecule has 0 bridgehead atoms. The first-order valence-corrected chi connectivity index (χ1v) is 21.1. The van der Waals surface area contributed by atoms with Gasteiger partial charge in [0.2, 0.25) is 5.91 Å². The first-order chi connectivity index (χ1) is 28.8. The van der Waals surface area contributed by atoms with E-state index in [1.54, 1.807) is 34.3 Å². The highest BCUT2D eigenvalue weighted by Crippen LogP contribution is 2.26. The van der Waals surface area contributed by atoms with Gasteiger partial charge < -0.3 is 35.4 Å². The van der Waals surface area contributed by atoms with Crippen LogP contribution in [0.15, 0.2) is 97.3 Å².